The van der Waals surface area contributed by atoms with Gasteiger partial charge in [0, 0.05) is 13.0 Å². The number of ether oxygens (including phenoxy) is 1. The van der Waals surface area contributed by atoms with Crippen LogP contribution >= 0.6 is 11.6 Å². The van der Waals surface area contributed by atoms with Crippen LogP contribution < -0.4 is 4.74 Å². The van der Waals surface area contributed by atoms with E-state index in [1.807, 2.05) is 12.1 Å². The molecule has 1 aromatic heterocycles. The van der Waals surface area contributed by atoms with Gasteiger partial charge in [-0.25, -0.2) is 4.98 Å². The quantitative estimate of drug-likeness (QED) is 0.723. The molecule has 0 bridgehead atoms. The van der Waals surface area contributed by atoms with Gasteiger partial charge in [0.2, 0.25) is 0 Å². The van der Waals surface area contributed by atoms with Gasteiger partial charge in [-0.15, -0.1) is 0 Å². The van der Waals surface area contributed by atoms with Crippen molar-refractivity contribution in [2.24, 2.45) is 0 Å². The molecule has 0 aliphatic rings. The monoisotopic (exact) mass is 307 g/mol. The first-order valence-electron chi connectivity index (χ1n) is 7.28. The molecule has 5 heteroatoms. The van der Waals surface area contributed by atoms with Crippen LogP contribution in [0.15, 0.2) is 30.9 Å². The van der Waals surface area contributed by atoms with Gasteiger partial charge in [0.1, 0.15) is 18.4 Å². The highest BCUT2D eigenvalue weighted by Gasteiger charge is 2.19. The summed E-state index contributed by atoms with van der Waals surface area (Å²) in [5, 5.41) is 4.73. The maximum absolute atomic E-state index is 6.32. The summed E-state index contributed by atoms with van der Waals surface area (Å²) >= 11 is 6.32. The lowest BCUT2D eigenvalue weighted by atomic mass is 9.82. The highest BCUT2D eigenvalue weighted by molar-refractivity contribution is 6.32. The molecule has 0 radical (unpaired) electrons. The summed E-state index contributed by atoms with van der Waals surface area (Å²) in [7, 11) is 0. The Morgan fingerprint density at radius 2 is 2.14 bits per heavy atom. The number of hydrogen-bond acceptors (Lipinski definition) is 3. The molecule has 0 unspecified atom stereocenters. The van der Waals surface area contributed by atoms with Crippen molar-refractivity contribution in [3.8, 4) is 5.75 Å². The number of halogens is 1. The number of aryl methyl sites for hydroxylation is 1. The van der Waals surface area contributed by atoms with Gasteiger partial charge >= 0.3 is 0 Å². The van der Waals surface area contributed by atoms with Crippen LogP contribution in [0, 0.1) is 0 Å². The van der Waals surface area contributed by atoms with Gasteiger partial charge < -0.3 is 4.74 Å². The van der Waals surface area contributed by atoms with Crippen LogP contribution in [-0.2, 0) is 12.0 Å². The standard InChI is InChI=1S/C16H22ClN3O/c1-4-16(2,3)13-6-7-15(14(17)10-13)21-9-5-8-20-12-18-11-19-20/h6-7,10-12H,4-5,8-9H2,1-3H3. The van der Waals surface area contributed by atoms with Gasteiger partial charge in [0.25, 0.3) is 0 Å². The highest BCUT2D eigenvalue weighted by Crippen LogP contribution is 2.33. The molecule has 0 aliphatic carbocycles. The molecule has 0 spiro atoms. The Bertz CT molecular complexity index is 567. The van der Waals surface area contributed by atoms with Gasteiger partial charge in [-0.05, 0) is 29.5 Å². The summed E-state index contributed by atoms with van der Waals surface area (Å²) in [4.78, 5) is 3.90. The van der Waals surface area contributed by atoms with Crippen LogP contribution in [0.4, 0.5) is 0 Å². The molecule has 2 rings (SSSR count). The summed E-state index contributed by atoms with van der Waals surface area (Å²) in [5.41, 5.74) is 1.37. The number of benzene rings is 1. The first-order chi connectivity index (χ1) is 10.0. The Hall–Kier alpha value is -1.55. The van der Waals surface area contributed by atoms with E-state index in [9.17, 15) is 0 Å². The molecular formula is C16H22ClN3O. The summed E-state index contributed by atoms with van der Waals surface area (Å²) in [6, 6.07) is 6.07. The molecule has 114 valence electrons. The molecule has 0 fully saturated rings. The SMILES string of the molecule is CCC(C)(C)c1ccc(OCCCn2cncn2)c(Cl)c1. The Morgan fingerprint density at radius 3 is 2.76 bits per heavy atom. The fourth-order valence-electron chi connectivity index (χ4n) is 2.00. The van der Waals surface area contributed by atoms with E-state index in [1.165, 1.54) is 11.9 Å². The summed E-state index contributed by atoms with van der Waals surface area (Å²) < 4.78 is 7.53. The van der Waals surface area contributed by atoms with Crippen molar-refractivity contribution in [1.82, 2.24) is 14.8 Å². The molecule has 0 saturated heterocycles. The molecule has 2 aromatic rings. The van der Waals surface area contributed by atoms with E-state index in [4.69, 9.17) is 16.3 Å². The summed E-state index contributed by atoms with van der Waals surface area (Å²) in [5.74, 6) is 0.742. The minimum Gasteiger partial charge on any atom is -0.492 e. The van der Waals surface area contributed by atoms with E-state index in [-0.39, 0.29) is 5.41 Å². The van der Waals surface area contributed by atoms with Crippen molar-refractivity contribution in [2.45, 2.75) is 45.6 Å². The van der Waals surface area contributed by atoms with Gasteiger partial charge in [-0.1, -0.05) is 38.4 Å². The predicted octanol–water partition coefficient (Wildman–Crippen LogP) is 4.09. The molecule has 1 heterocycles. The largest absolute Gasteiger partial charge is 0.492 e. The highest BCUT2D eigenvalue weighted by atomic mass is 35.5. The third kappa shape index (κ3) is 4.21. The van der Waals surface area contributed by atoms with Crippen LogP contribution in [0.1, 0.15) is 39.2 Å². The van der Waals surface area contributed by atoms with Crippen LogP contribution in [0.25, 0.3) is 0 Å². The van der Waals surface area contributed by atoms with Gasteiger partial charge in [0.05, 0.1) is 11.6 Å². The lowest BCUT2D eigenvalue weighted by Crippen LogP contribution is -2.15. The third-order valence-electron chi connectivity index (χ3n) is 3.85. The summed E-state index contributed by atoms with van der Waals surface area (Å²) in [6.07, 6.45) is 5.17. The minimum atomic E-state index is 0.134. The van der Waals surface area contributed by atoms with E-state index < -0.39 is 0 Å². The first kappa shape index (κ1) is 15.8. The molecule has 4 nitrogen and oxygen atoms in total. The zero-order valence-electron chi connectivity index (χ0n) is 12.8. The van der Waals surface area contributed by atoms with Crippen LogP contribution in [0.3, 0.4) is 0 Å². The van der Waals surface area contributed by atoms with Gasteiger partial charge in [-0.3, -0.25) is 4.68 Å². The third-order valence-corrected chi connectivity index (χ3v) is 4.15. The van der Waals surface area contributed by atoms with E-state index in [1.54, 1.807) is 11.0 Å². The topological polar surface area (TPSA) is 39.9 Å². The fourth-order valence-corrected chi connectivity index (χ4v) is 2.23. The van der Waals surface area contributed by atoms with E-state index in [2.05, 4.69) is 36.9 Å². The second-order valence-electron chi connectivity index (χ2n) is 5.74. The predicted molar refractivity (Wildman–Crippen MR) is 84.9 cm³/mol. The number of rotatable bonds is 7. The maximum Gasteiger partial charge on any atom is 0.137 e. The smallest absolute Gasteiger partial charge is 0.137 e. The van der Waals surface area contributed by atoms with E-state index in [0.717, 1.165) is 25.1 Å². The average Bonchev–Trinajstić information content (AvgIpc) is 2.98. The number of hydrogen-bond donors (Lipinski definition) is 0. The maximum atomic E-state index is 6.32. The zero-order valence-corrected chi connectivity index (χ0v) is 13.6. The molecule has 0 saturated carbocycles. The molecule has 0 amide bonds. The molecule has 0 aliphatic heterocycles. The number of nitrogens with zero attached hydrogens (tertiary/aromatic N) is 3. The Kier molecular flexibility index (Phi) is 5.23. The lowest BCUT2D eigenvalue weighted by molar-refractivity contribution is 0.298. The Labute approximate surface area is 131 Å². The fraction of sp³-hybridized carbons (Fsp3) is 0.500. The number of aromatic nitrogens is 3. The molecule has 21 heavy (non-hydrogen) atoms. The molecule has 1 aromatic carbocycles. The van der Waals surface area contributed by atoms with E-state index in [0.29, 0.717) is 11.6 Å². The van der Waals surface area contributed by atoms with Crippen LogP contribution in [0.5, 0.6) is 5.75 Å². The lowest BCUT2D eigenvalue weighted by Gasteiger charge is -2.24. The van der Waals surface area contributed by atoms with Crippen LogP contribution in [0.2, 0.25) is 5.02 Å². The minimum absolute atomic E-state index is 0.134. The van der Waals surface area contributed by atoms with Crippen molar-refractivity contribution in [2.75, 3.05) is 6.61 Å². The Morgan fingerprint density at radius 1 is 1.33 bits per heavy atom. The van der Waals surface area contributed by atoms with Crippen molar-refractivity contribution in [3.05, 3.63) is 41.4 Å². The second kappa shape index (κ2) is 6.94. The zero-order chi connectivity index (χ0) is 15.3. The first-order valence-corrected chi connectivity index (χ1v) is 7.66. The van der Waals surface area contributed by atoms with Crippen molar-refractivity contribution < 1.29 is 4.74 Å². The molecular weight excluding hydrogens is 286 g/mol. The Balaban J connectivity index is 1.89. The second-order valence-corrected chi connectivity index (χ2v) is 6.15. The van der Waals surface area contributed by atoms with Crippen molar-refractivity contribution in [1.29, 1.82) is 0 Å². The van der Waals surface area contributed by atoms with E-state index >= 15 is 0 Å². The average molecular weight is 308 g/mol. The normalized spacial score (nSPS) is 11.6. The van der Waals surface area contributed by atoms with Crippen molar-refractivity contribution in [3.63, 3.8) is 0 Å². The molecule has 0 N–H and O–H groups in total. The summed E-state index contributed by atoms with van der Waals surface area (Å²) in [6.45, 7) is 8.02. The van der Waals surface area contributed by atoms with Gasteiger partial charge in [-0.2, -0.15) is 5.10 Å². The van der Waals surface area contributed by atoms with Gasteiger partial charge in [0.15, 0.2) is 0 Å². The van der Waals surface area contributed by atoms with Crippen molar-refractivity contribution >= 4 is 11.6 Å². The molecule has 0 atom stereocenters. The van der Waals surface area contributed by atoms with Crippen LogP contribution in [-0.4, -0.2) is 21.4 Å².